The quantitative estimate of drug-likeness (QED) is 0.782. The van der Waals surface area contributed by atoms with Crippen LogP contribution in [0.3, 0.4) is 0 Å². The van der Waals surface area contributed by atoms with E-state index in [1.54, 1.807) is 0 Å². The third kappa shape index (κ3) is 1.91. The van der Waals surface area contributed by atoms with E-state index in [0.29, 0.717) is 11.8 Å². The number of amidine groups is 1. The summed E-state index contributed by atoms with van der Waals surface area (Å²) in [5.74, 6) is 0.922. The molecule has 0 saturated carbocycles. The van der Waals surface area contributed by atoms with Gasteiger partial charge < -0.3 is 5.73 Å². The number of hydrogen-bond donors (Lipinski definition) is 1. The van der Waals surface area contributed by atoms with Gasteiger partial charge in [0.15, 0.2) is 0 Å². The number of rotatable bonds is 2. The Bertz CT molecular complexity index is 415. The van der Waals surface area contributed by atoms with Crippen LogP contribution in [0.5, 0.6) is 0 Å². The highest BCUT2D eigenvalue weighted by atomic mass is 15.3. The fourth-order valence-electron chi connectivity index (χ4n) is 1.68. The van der Waals surface area contributed by atoms with Crippen LogP contribution in [0.15, 0.2) is 22.6 Å². The van der Waals surface area contributed by atoms with Gasteiger partial charge in [-0.15, -0.1) is 5.10 Å². The molecule has 0 aromatic carbocycles. The highest BCUT2D eigenvalue weighted by molar-refractivity contribution is 6.05. The van der Waals surface area contributed by atoms with E-state index in [2.05, 4.69) is 29.1 Å². The van der Waals surface area contributed by atoms with Gasteiger partial charge in [0.2, 0.25) is 0 Å². The summed E-state index contributed by atoms with van der Waals surface area (Å²) < 4.78 is 1.88. The number of nitrogens with two attached hydrogens (primary N) is 1. The molecule has 5 heteroatoms. The molecule has 0 amide bonds. The first-order chi connectivity index (χ1) is 7.20. The smallest absolute Gasteiger partial charge is 0.123 e. The Morgan fingerprint density at radius 1 is 1.53 bits per heavy atom. The van der Waals surface area contributed by atoms with E-state index < -0.39 is 0 Å². The van der Waals surface area contributed by atoms with Crippen LogP contribution in [0.25, 0.3) is 0 Å². The van der Waals surface area contributed by atoms with Gasteiger partial charge in [0.25, 0.3) is 0 Å². The van der Waals surface area contributed by atoms with Crippen molar-refractivity contribution in [3.05, 3.63) is 18.0 Å². The van der Waals surface area contributed by atoms with Crippen molar-refractivity contribution in [3.63, 3.8) is 0 Å². The molecule has 1 atom stereocenters. The van der Waals surface area contributed by atoms with E-state index in [0.717, 1.165) is 24.2 Å². The Morgan fingerprint density at radius 2 is 2.33 bits per heavy atom. The second-order valence-electron chi connectivity index (χ2n) is 3.77. The predicted molar refractivity (Wildman–Crippen MR) is 59.8 cm³/mol. The van der Waals surface area contributed by atoms with Crippen molar-refractivity contribution in [3.8, 4) is 0 Å². The van der Waals surface area contributed by atoms with E-state index >= 15 is 0 Å². The van der Waals surface area contributed by atoms with Crippen molar-refractivity contribution in [1.29, 1.82) is 0 Å². The number of aromatic nitrogens is 2. The summed E-state index contributed by atoms with van der Waals surface area (Å²) in [5, 5.41) is 12.3. The fraction of sp³-hybridized carbons (Fsp3) is 0.500. The normalized spacial score (nSPS) is 21.1. The third-order valence-corrected chi connectivity index (χ3v) is 2.52. The topological polar surface area (TPSA) is 68.6 Å². The molecule has 1 aliphatic rings. The van der Waals surface area contributed by atoms with Crippen LogP contribution in [0.4, 0.5) is 0 Å². The minimum Gasteiger partial charge on any atom is -0.386 e. The van der Waals surface area contributed by atoms with Crippen molar-refractivity contribution in [2.45, 2.75) is 26.8 Å². The summed E-state index contributed by atoms with van der Waals surface area (Å²) in [6.07, 6.45) is 4.60. The second-order valence-corrected chi connectivity index (χ2v) is 3.77. The van der Waals surface area contributed by atoms with Gasteiger partial charge in [0.1, 0.15) is 5.84 Å². The molecular weight excluding hydrogens is 190 g/mol. The Morgan fingerprint density at radius 3 is 2.93 bits per heavy atom. The lowest BCUT2D eigenvalue weighted by atomic mass is 9.96. The summed E-state index contributed by atoms with van der Waals surface area (Å²) in [6.45, 7) is 5.02. The average Bonchev–Trinajstić information content (AvgIpc) is 2.66. The molecule has 0 aliphatic carbocycles. The van der Waals surface area contributed by atoms with Gasteiger partial charge in [-0.3, -0.25) is 4.68 Å². The zero-order valence-electron chi connectivity index (χ0n) is 9.01. The predicted octanol–water partition coefficient (Wildman–Crippen LogP) is 1.00. The Hall–Kier alpha value is -1.65. The Kier molecular flexibility index (Phi) is 2.53. The largest absolute Gasteiger partial charge is 0.386 e. The first kappa shape index (κ1) is 9.89. The highest BCUT2D eigenvalue weighted by Gasteiger charge is 2.19. The summed E-state index contributed by atoms with van der Waals surface area (Å²) in [5.41, 5.74) is 7.64. The molecule has 15 heavy (non-hydrogen) atoms. The van der Waals surface area contributed by atoms with Crippen molar-refractivity contribution in [1.82, 2.24) is 9.78 Å². The molecule has 0 radical (unpaired) electrons. The maximum atomic E-state index is 5.62. The van der Waals surface area contributed by atoms with Crippen molar-refractivity contribution in [2.24, 2.45) is 21.9 Å². The van der Waals surface area contributed by atoms with Gasteiger partial charge in [0, 0.05) is 30.6 Å². The van der Waals surface area contributed by atoms with E-state index in [1.165, 1.54) is 0 Å². The minimum atomic E-state index is 0.317. The molecule has 0 fully saturated rings. The van der Waals surface area contributed by atoms with Gasteiger partial charge in [-0.05, 0) is 6.92 Å². The molecule has 1 aliphatic heterocycles. The van der Waals surface area contributed by atoms with Gasteiger partial charge >= 0.3 is 0 Å². The molecule has 2 N–H and O–H groups in total. The molecule has 2 rings (SSSR count). The zero-order valence-corrected chi connectivity index (χ0v) is 9.01. The summed E-state index contributed by atoms with van der Waals surface area (Å²) in [6, 6.07) is 0. The number of nitrogens with zero attached hydrogens (tertiary/aromatic N) is 4. The monoisotopic (exact) mass is 205 g/mol. The maximum Gasteiger partial charge on any atom is 0.123 e. The SMILES string of the molecule is CCn1cc(C2=NN=C(N)CC2C)cn1. The molecule has 80 valence electrons. The average molecular weight is 205 g/mol. The first-order valence-electron chi connectivity index (χ1n) is 5.13. The molecule has 5 nitrogen and oxygen atoms in total. The molecule has 1 unspecified atom stereocenters. The van der Waals surface area contributed by atoms with Crippen LogP contribution in [0.1, 0.15) is 25.8 Å². The zero-order chi connectivity index (χ0) is 10.8. The van der Waals surface area contributed by atoms with Crippen LogP contribution in [-0.2, 0) is 6.54 Å². The van der Waals surface area contributed by atoms with Crippen molar-refractivity contribution >= 4 is 11.5 Å². The van der Waals surface area contributed by atoms with E-state index in [1.807, 2.05) is 17.1 Å². The van der Waals surface area contributed by atoms with Crippen molar-refractivity contribution < 1.29 is 0 Å². The Balaban J connectivity index is 2.30. The lowest BCUT2D eigenvalue weighted by molar-refractivity contribution is 0.659. The second kappa shape index (κ2) is 3.84. The van der Waals surface area contributed by atoms with Crippen LogP contribution < -0.4 is 5.73 Å². The van der Waals surface area contributed by atoms with Crippen LogP contribution in [-0.4, -0.2) is 21.3 Å². The molecule has 0 saturated heterocycles. The third-order valence-electron chi connectivity index (χ3n) is 2.52. The van der Waals surface area contributed by atoms with E-state index in [9.17, 15) is 0 Å². The van der Waals surface area contributed by atoms with Gasteiger partial charge in [0.05, 0.1) is 11.9 Å². The Labute approximate surface area is 88.7 Å². The molecule has 0 spiro atoms. The molecule has 0 bridgehead atoms. The summed E-state index contributed by atoms with van der Waals surface area (Å²) in [4.78, 5) is 0. The van der Waals surface area contributed by atoms with Gasteiger partial charge in [-0.2, -0.15) is 10.2 Å². The number of aryl methyl sites for hydroxylation is 1. The molecular formula is C10H15N5. The van der Waals surface area contributed by atoms with E-state index in [-0.39, 0.29) is 0 Å². The highest BCUT2D eigenvalue weighted by Crippen LogP contribution is 2.16. The molecule has 2 heterocycles. The lowest BCUT2D eigenvalue weighted by Gasteiger charge is -2.15. The molecule has 1 aromatic rings. The van der Waals surface area contributed by atoms with Gasteiger partial charge in [-0.25, -0.2) is 0 Å². The maximum absolute atomic E-state index is 5.62. The van der Waals surface area contributed by atoms with Crippen LogP contribution in [0.2, 0.25) is 0 Å². The minimum absolute atomic E-state index is 0.317. The first-order valence-corrected chi connectivity index (χ1v) is 5.13. The van der Waals surface area contributed by atoms with E-state index in [4.69, 9.17) is 5.73 Å². The number of hydrogen-bond acceptors (Lipinski definition) is 4. The summed E-state index contributed by atoms with van der Waals surface area (Å²) in [7, 11) is 0. The fourth-order valence-corrected chi connectivity index (χ4v) is 1.68. The lowest BCUT2D eigenvalue weighted by Crippen LogP contribution is -2.24. The van der Waals surface area contributed by atoms with Crippen LogP contribution >= 0.6 is 0 Å². The van der Waals surface area contributed by atoms with Crippen molar-refractivity contribution in [2.75, 3.05) is 0 Å². The van der Waals surface area contributed by atoms with Gasteiger partial charge in [-0.1, -0.05) is 6.92 Å². The summed E-state index contributed by atoms with van der Waals surface area (Å²) >= 11 is 0. The van der Waals surface area contributed by atoms with Crippen LogP contribution in [0, 0.1) is 5.92 Å². The standard InChI is InChI=1S/C10H15N5/c1-3-15-6-8(5-12-15)10-7(2)4-9(11)13-14-10/h5-7H,3-4H2,1-2H3,(H2,11,13). The molecule has 1 aromatic heterocycles.